The zero-order chi connectivity index (χ0) is 9.68. The van der Waals surface area contributed by atoms with E-state index >= 15 is 0 Å². The number of nitrogen functional groups attached to an aromatic ring is 1. The van der Waals surface area contributed by atoms with Gasteiger partial charge >= 0.3 is 0 Å². The van der Waals surface area contributed by atoms with E-state index < -0.39 is 0 Å². The van der Waals surface area contributed by atoms with Crippen molar-refractivity contribution in [2.24, 2.45) is 7.05 Å². The van der Waals surface area contributed by atoms with Crippen molar-refractivity contribution in [2.75, 3.05) is 30.8 Å². The topological polar surface area (TPSA) is 65.1 Å². The van der Waals surface area contributed by atoms with E-state index in [-0.39, 0.29) is 0 Å². The molecule has 0 amide bonds. The van der Waals surface area contributed by atoms with Crippen molar-refractivity contribution < 1.29 is 4.74 Å². The van der Waals surface area contributed by atoms with Crippen LogP contribution in [0.15, 0.2) is 6.20 Å². The van der Waals surface area contributed by atoms with Gasteiger partial charge in [0.05, 0.1) is 12.3 Å². The molecule has 0 spiro atoms. The minimum Gasteiger partial charge on any atom is -0.394 e. The number of nitrogens with zero attached hydrogens (tertiary/aromatic N) is 2. The van der Waals surface area contributed by atoms with E-state index in [2.05, 4.69) is 10.4 Å². The third-order valence-corrected chi connectivity index (χ3v) is 1.60. The number of nitrogens with two attached hydrogens (primary N) is 1. The SMILES string of the molecule is CCOCCNc1nn(C)cc1N. The van der Waals surface area contributed by atoms with Crippen LogP contribution in [-0.2, 0) is 11.8 Å². The molecule has 3 N–H and O–H groups in total. The van der Waals surface area contributed by atoms with Gasteiger partial charge in [0.25, 0.3) is 0 Å². The molecule has 0 radical (unpaired) electrons. The molecule has 0 saturated carbocycles. The van der Waals surface area contributed by atoms with Gasteiger partial charge in [-0.15, -0.1) is 0 Å². The Morgan fingerprint density at radius 3 is 3.00 bits per heavy atom. The molecule has 5 heteroatoms. The summed E-state index contributed by atoms with van der Waals surface area (Å²) < 4.78 is 6.84. The lowest BCUT2D eigenvalue weighted by Crippen LogP contribution is -2.10. The number of ether oxygens (including phenoxy) is 1. The highest BCUT2D eigenvalue weighted by atomic mass is 16.5. The Bertz CT molecular complexity index is 259. The normalized spacial score (nSPS) is 10.3. The molecule has 0 unspecified atom stereocenters. The van der Waals surface area contributed by atoms with Crippen LogP contribution >= 0.6 is 0 Å². The Morgan fingerprint density at radius 1 is 1.69 bits per heavy atom. The Labute approximate surface area is 77.9 Å². The molecule has 74 valence electrons. The van der Waals surface area contributed by atoms with Gasteiger partial charge in [-0.05, 0) is 6.92 Å². The molecule has 0 fully saturated rings. The third-order valence-electron chi connectivity index (χ3n) is 1.60. The lowest BCUT2D eigenvalue weighted by atomic mass is 10.5. The molecule has 13 heavy (non-hydrogen) atoms. The summed E-state index contributed by atoms with van der Waals surface area (Å²) in [4.78, 5) is 0. The number of hydrogen-bond donors (Lipinski definition) is 2. The van der Waals surface area contributed by atoms with E-state index in [9.17, 15) is 0 Å². The highest BCUT2D eigenvalue weighted by molar-refractivity contribution is 5.59. The Balaban J connectivity index is 2.32. The van der Waals surface area contributed by atoms with Gasteiger partial charge in [-0.1, -0.05) is 0 Å². The fourth-order valence-electron chi connectivity index (χ4n) is 1.03. The van der Waals surface area contributed by atoms with Crippen LogP contribution < -0.4 is 11.1 Å². The van der Waals surface area contributed by atoms with Gasteiger partial charge in [0, 0.05) is 26.4 Å². The van der Waals surface area contributed by atoms with E-state index in [1.54, 1.807) is 10.9 Å². The van der Waals surface area contributed by atoms with Gasteiger partial charge in [-0.3, -0.25) is 4.68 Å². The smallest absolute Gasteiger partial charge is 0.171 e. The molecule has 0 aliphatic rings. The molecule has 0 bridgehead atoms. The van der Waals surface area contributed by atoms with Crippen LogP contribution in [0, 0.1) is 0 Å². The fraction of sp³-hybridized carbons (Fsp3) is 0.625. The number of hydrogen-bond acceptors (Lipinski definition) is 4. The molecule has 1 aromatic rings. The van der Waals surface area contributed by atoms with Gasteiger partial charge < -0.3 is 15.8 Å². The van der Waals surface area contributed by atoms with Crippen LogP contribution in [0.1, 0.15) is 6.92 Å². The van der Waals surface area contributed by atoms with Crippen LogP contribution in [0.3, 0.4) is 0 Å². The van der Waals surface area contributed by atoms with Gasteiger partial charge in [0.2, 0.25) is 0 Å². The highest BCUT2D eigenvalue weighted by Crippen LogP contribution is 2.13. The quantitative estimate of drug-likeness (QED) is 0.652. The number of aryl methyl sites for hydroxylation is 1. The molecule has 0 atom stereocenters. The van der Waals surface area contributed by atoms with E-state index in [1.807, 2.05) is 14.0 Å². The molecular formula is C8H16N4O. The molecule has 0 aromatic carbocycles. The molecule has 0 aliphatic carbocycles. The molecule has 0 aliphatic heterocycles. The first-order chi connectivity index (χ1) is 6.24. The summed E-state index contributed by atoms with van der Waals surface area (Å²) in [7, 11) is 1.84. The second-order valence-electron chi connectivity index (χ2n) is 2.73. The van der Waals surface area contributed by atoms with Gasteiger partial charge in [-0.2, -0.15) is 5.10 Å². The predicted molar refractivity (Wildman–Crippen MR) is 52.6 cm³/mol. The standard InChI is InChI=1S/C8H16N4O/c1-3-13-5-4-10-8-7(9)6-12(2)11-8/h6H,3-5,9H2,1-2H3,(H,10,11). The molecule has 0 saturated heterocycles. The minimum absolute atomic E-state index is 0.666. The van der Waals surface area contributed by atoms with Crippen LogP contribution in [0.5, 0.6) is 0 Å². The van der Waals surface area contributed by atoms with Crippen LogP contribution in [0.2, 0.25) is 0 Å². The zero-order valence-corrected chi connectivity index (χ0v) is 8.08. The number of anilines is 2. The predicted octanol–water partition coefficient (Wildman–Crippen LogP) is 0.451. The van der Waals surface area contributed by atoms with E-state index in [0.29, 0.717) is 12.3 Å². The second kappa shape index (κ2) is 4.71. The van der Waals surface area contributed by atoms with Crippen molar-refractivity contribution in [1.29, 1.82) is 0 Å². The molecule has 5 nitrogen and oxygen atoms in total. The van der Waals surface area contributed by atoms with Crippen LogP contribution in [0.25, 0.3) is 0 Å². The summed E-state index contributed by atoms with van der Waals surface area (Å²) in [5, 5.41) is 7.22. The maximum absolute atomic E-state index is 5.67. The Morgan fingerprint density at radius 2 is 2.46 bits per heavy atom. The van der Waals surface area contributed by atoms with Crippen molar-refractivity contribution in [2.45, 2.75) is 6.92 Å². The van der Waals surface area contributed by atoms with Gasteiger partial charge in [0.1, 0.15) is 0 Å². The summed E-state index contributed by atoms with van der Waals surface area (Å²) in [6.07, 6.45) is 1.77. The molecule has 1 heterocycles. The van der Waals surface area contributed by atoms with Crippen molar-refractivity contribution >= 4 is 11.5 Å². The molecule has 1 aromatic heterocycles. The van der Waals surface area contributed by atoms with Crippen molar-refractivity contribution in [3.8, 4) is 0 Å². The maximum atomic E-state index is 5.67. The lowest BCUT2D eigenvalue weighted by molar-refractivity contribution is 0.158. The lowest BCUT2D eigenvalue weighted by Gasteiger charge is -2.03. The van der Waals surface area contributed by atoms with Crippen LogP contribution in [-0.4, -0.2) is 29.5 Å². The average molecular weight is 184 g/mol. The summed E-state index contributed by atoms with van der Waals surface area (Å²) in [5.74, 6) is 0.724. The van der Waals surface area contributed by atoms with Gasteiger partial charge in [-0.25, -0.2) is 0 Å². The molecule has 1 rings (SSSR count). The summed E-state index contributed by atoms with van der Waals surface area (Å²) in [6, 6.07) is 0. The number of nitrogens with one attached hydrogen (secondary N) is 1. The first-order valence-electron chi connectivity index (χ1n) is 4.34. The van der Waals surface area contributed by atoms with E-state index in [4.69, 9.17) is 10.5 Å². The Kier molecular flexibility index (Phi) is 3.57. The average Bonchev–Trinajstić information content (AvgIpc) is 2.39. The maximum Gasteiger partial charge on any atom is 0.171 e. The minimum atomic E-state index is 0.666. The van der Waals surface area contributed by atoms with E-state index in [1.165, 1.54) is 0 Å². The van der Waals surface area contributed by atoms with Crippen molar-refractivity contribution in [1.82, 2.24) is 9.78 Å². The van der Waals surface area contributed by atoms with Crippen molar-refractivity contribution in [3.05, 3.63) is 6.20 Å². The zero-order valence-electron chi connectivity index (χ0n) is 8.08. The summed E-state index contributed by atoms with van der Waals surface area (Å²) in [6.45, 7) is 4.11. The molecular weight excluding hydrogens is 168 g/mol. The fourth-order valence-corrected chi connectivity index (χ4v) is 1.03. The largest absolute Gasteiger partial charge is 0.394 e. The van der Waals surface area contributed by atoms with Crippen LogP contribution in [0.4, 0.5) is 11.5 Å². The summed E-state index contributed by atoms with van der Waals surface area (Å²) in [5.41, 5.74) is 6.34. The first kappa shape index (κ1) is 9.85. The number of rotatable bonds is 5. The highest BCUT2D eigenvalue weighted by Gasteiger charge is 2.01. The Hall–Kier alpha value is -1.23. The van der Waals surface area contributed by atoms with Crippen molar-refractivity contribution in [3.63, 3.8) is 0 Å². The summed E-state index contributed by atoms with van der Waals surface area (Å²) >= 11 is 0. The van der Waals surface area contributed by atoms with Gasteiger partial charge in [0.15, 0.2) is 5.82 Å². The number of aromatic nitrogens is 2. The van der Waals surface area contributed by atoms with E-state index in [0.717, 1.165) is 19.0 Å². The third kappa shape index (κ3) is 2.95. The first-order valence-corrected chi connectivity index (χ1v) is 4.34. The monoisotopic (exact) mass is 184 g/mol. The second-order valence-corrected chi connectivity index (χ2v) is 2.73.